The Kier molecular flexibility index (Phi) is 3.93. The fourth-order valence-corrected chi connectivity index (χ4v) is 3.13. The molecule has 0 aromatic carbocycles. The number of nitrogens with zero attached hydrogens (tertiary/aromatic N) is 4. The van der Waals surface area contributed by atoms with Crippen LogP contribution in [-0.2, 0) is 9.53 Å². The van der Waals surface area contributed by atoms with Crippen LogP contribution < -0.4 is 5.32 Å². The molecule has 0 radical (unpaired) electrons. The van der Waals surface area contributed by atoms with E-state index >= 15 is 0 Å². The molecule has 7 heteroatoms. The second kappa shape index (κ2) is 6.25. The van der Waals surface area contributed by atoms with Crippen molar-refractivity contribution in [2.75, 3.05) is 18.5 Å². The summed E-state index contributed by atoms with van der Waals surface area (Å²) in [5, 5.41) is 8.27. The van der Waals surface area contributed by atoms with Crippen LogP contribution in [0.15, 0.2) is 30.5 Å². The van der Waals surface area contributed by atoms with Crippen molar-refractivity contribution in [2.45, 2.75) is 26.2 Å². The molecule has 0 aliphatic carbocycles. The topological polar surface area (TPSA) is 81.9 Å². The Morgan fingerprint density at radius 1 is 1.40 bits per heavy atom. The van der Waals surface area contributed by atoms with Crippen LogP contribution in [0.3, 0.4) is 0 Å². The zero-order valence-electron chi connectivity index (χ0n) is 14.2. The molecule has 3 aromatic heterocycles. The average Bonchev–Trinajstić information content (AvgIpc) is 3.23. The van der Waals surface area contributed by atoms with E-state index in [0.29, 0.717) is 18.3 Å². The third-order valence-electron chi connectivity index (χ3n) is 4.38. The highest BCUT2D eigenvalue weighted by Gasteiger charge is 2.20. The lowest BCUT2D eigenvalue weighted by molar-refractivity contribution is -0.114. The van der Waals surface area contributed by atoms with Gasteiger partial charge in [-0.2, -0.15) is 5.10 Å². The molecular weight excluding hydrogens is 318 g/mol. The van der Waals surface area contributed by atoms with Gasteiger partial charge in [0, 0.05) is 42.8 Å². The number of amides is 1. The highest BCUT2D eigenvalue weighted by molar-refractivity contribution is 5.91. The molecule has 0 saturated carbocycles. The van der Waals surface area contributed by atoms with Crippen molar-refractivity contribution in [3.8, 4) is 5.82 Å². The first kappa shape index (κ1) is 15.7. The summed E-state index contributed by atoms with van der Waals surface area (Å²) in [5.74, 6) is 1.43. The van der Waals surface area contributed by atoms with Gasteiger partial charge in [0.25, 0.3) is 0 Å². The number of carbonyl (C=O) groups excluding carboxylic acids is 1. The monoisotopic (exact) mass is 337 g/mol. The van der Waals surface area contributed by atoms with Crippen LogP contribution in [0.5, 0.6) is 0 Å². The van der Waals surface area contributed by atoms with Gasteiger partial charge in [-0.1, -0.05) is 6.07 Å². The molecule has 1 aliphatic heterocycles. The predicted molar refractivity (Wildman–Crippen MR) is 93.9 cm³/mol. The first-order chi connectivity index (χ1) is 12.1. The van der Waals surface area contributed by atoms with Gasteiger partial charge in [-0.15, -0.1) is 0 Å². The van der Waals surface area contributed by atoms with E-state index < -0.39 is 0 Å². The summed E-state index contributed by atoms with van der Waals surface area (Å²) in [6.07, 6.45) is 2.72. The summed E-state index contributed by atoms with van der Waals surface area (Å²) < 4.78 is 7.28. The van der Waals surface area contributed by atoms with Gasteiger partial charge in [0.05, 0.1) is 17.8 Å². The van der Waals surface area contributed by atoms with Gasteiger partial charge < -0.3 is 10.1 Å². The molecule has 1 N–H and O–H groups in total. The molecule has 25 heavy (non-hydrogen) atoms. The third kappa shape index (κ3) is 2.98. The fourth-order valence-electron chi connectivity index (χ4n) is 3.13. The van der Waals surface area contributed by atoms with Crippen LogP contribution in [-0.4, -0.2) is 38.9 Å². The van der Waals surface area contributed by atoms with E-state index in [4.69, 9.17) is 9.72 Å². The highest BCUT2D eigenvalue weighted by Crippen LogP contribution is 2.26. The minimum absolute atomic E-state index is 0.156. The van der Waals surface area contributed by atoms with E-state index in [0.717, 1.165) is 41.1 Å². The minimum atomic E-state index is -0.156. The van der Waals surface area contributed by atoms with Crippen LogP contribution in [0, 0.1) is 6.92 Å². The molecular formula is C18H19N5O2. The van der Waals surface area contributed by atoms with E-state index in [1.165, 1.54) is 6.92 Å². The van der Waals surface area contributed by atoms with E-state index in [-0.39, 0.29) is 5.91 Å². The Bertz CT molecular complexity index is 944. The molecule has 1 fully saturated rings. The van der Waals surface area contributed by atoms with Crippen molar-refractivity contribution in [2.24, 2.45) is 0 Å². The molecule has 0 bridgehead atoms. The fraction of sp³-hybridized carbons (Fsp3) is 0.333. The lowest BCUT2D eigenvalue weighted by Gasteiger charge is -2.10. The molecule has 4 heterocycles. The number of aryl methyl sites for hydroxylation is 1. The molecule has 1 unspecified atom stereocenters. The van der Waals surface area contributed by atoms with Crippen molar-refractivity contribution in [1.29, 1.82) is 0 Å². The first-order valence-electron chi connectivity index (χ1n) is 8.30. The summed E-state index contributed by atoms with van der Waals surface area (Å²) in [6.45, 7) is 4.90. The number of carbonyl (C=O) groups is 1. The molecule has 3 aromatic rings. The third-order valence-corrected chi connectivity index (χ3v) is 4.38. The number of anilines is 1. The van der Waals surface area contributed by atoms with Crippen molar-refractivity contribution in [3.63, 3.8) is 0 Å². The molecule has 4 rings (SSSR count). The first-order valence-corrected chi connectivity index (χ1v) is 8.30. The Labute approximate surface area is 145 Å². The number of aromatic nitrogens is 4. The molecule has 1 amide bonds. The van der Waals surface area contributed by atoms with Gasteiger partial charge >= 0.3 is 0 Å². The normalized spacial score (nSPS) is 17.1. The molecule has 1 atom stereocenters. The van der Waals surface area contributed by atoms with E-state index in [2.05, 4.69) is 15.4 Å². The van der Waals surface area contributed by atoms with Crippen molar-refractivity contribution in [3.05, 3.63) is 41.9 Å². The van der Waals surface area contributed by atoms with Gasteiger partial charge in [0.15, 0.2) is 5.82 Å². The van der Waals surface area contributed by atoms with Crippen LogP contribution >= 0.6 is 0 Å². The molecule has 0 spiro atoms. The standard InChI is InChI=1S/C18H19N5O2/c1-11-14-9-19-17(20-12(2)24)8-16(14)23(22-11)18-5-3-4-15(21-18)13-6-7-25-10-13/h3-5,8-9,13H,6-7,10H2,1-2H3,(H,19,20,24). The maximum Gasteiger partial charge on any atom is 0.222 e. The number of ether oxygens (including phenoxy) is 1. The second-order valence-corrected chi connectivity index (χ2v) is 6.25. The molecule has 1 saturated heterocycles. The zero-order valence-corrected chi connectivity index (χ0v) is 14.2. The Morgan fingerprint density at radius 2 is 2.28 bits per heavy atom. The number of pyridine rings is 2. The average molecular weight is 337 g/mol. The van der Waals surface area contributed by atoms with Crippen LogP contribution in [0.1, 0.15) is 30.7 Å². The van der Waals surface area contributed by atoms with Crippen molar-refractivity contribution >= 4 is 22.6 Å². The quantitative estimate of drug-likeness (QED) is 0.794. The number of hydrogen-bond acceptors (Lipinski definition) is 5. The lowest BCUT2D eigenvalue weighted by Crippen LogP contribution is -2.08. The molecule has 1 aliphatic rings. The van der Waals surface area contributed by atoms with Crippen molar-refractivity contribution < 1.29 is 9.53 Å². The minimum Gasteiger partial charge on any atom is -0.381 e. The summed E-state index contributed by atoms with van der Waals surface area (Å²) in [7, 11) is 0. The summed E-state index contributed by atoms with van der Waals surface area (Å²) in [6, 6.07) is 7.79. The van der Waals surface area contributed by atoms with Gasteiger partial charge in [0.2, 0.25) is 5.91 Å². The lowest BCUT2D eigenvalue weighted by atomic mass is 10.0. The van der Waals surface area contributed by atoms with Crippen molar-refractivity contribution in [1.82, 2.24) is 19.7 Å². The summed E-state index contributed by atoms with van der Waals surface area (Å²) in [5.41, 5.74) is 2.75. The van der Waals surface area contributed by atoms with Crippen LogP contribution in [0.4, 0.5) is 5.82 Å². The second-order valence-electron chi connectivity index (χ2n) is 6.25. The maximum absolute atomic E-state index is 11.3. The van der Waals surface area contributed by atoms with Gasteiger partial charge in [0.1, 0.15) is 5.82 Å². The summed E-state index contributed by atoms with van der Waals surface area (Å²) >= 11 is 0. The Balaban J connectivity index is 1.80. The summed E-state index contributed by atoms with van der Waals surface area (Å²) in [4.78, 5) is 20.4. The largest absolute Gasteiger partial charge is 0.381 e. The number of fused-ring (bicyclic) bond motifs is 1. The van der Waals surface area contributed by atoms with Crippen LogP contribution in [0.25, 0.3) is 16.7 Å². The predicted octanol–water partition coefficient (Wildman–Crippen LogP) is 2.59. The van der Waals surface area contributed by atoms with Gasteiger partial charge in [-0.05, 0) is 25.5 Å². The van der Waals surface area contributed by atoms with E-state index in [1.54, 1.807) is 10.9 Å². The highest BCUT2D eigenvalue weighted by atomic mass is 16.5. The smallest absolute Gasteiger partial charge is 0.222 e. The van der Waals surface area contributed by atoms with Crippen LogP contribution in [0.2, 0.25) is 0 Å². The Hall–Kier alpha value is -2.80. The SMILES string of the molecule is CC(=O)Nc1cc2c(cn1)c(C)nn2-c1cccc(C2CCOC2)n1. The van der Waals surface area contributed by atoms with E-state index in [9.17, 15) is 4.79 Å². The Morgan fingerprint density at radius 3 is 3.04 bits per heavy atom. The van der Waals surface area contributed by atoms with Gasteiger partial charge in [-0.25, -0.2) is 14.6 Å². The van der Waals surface area contributed by atoms with E-state index in [1.807, 2.05) is 31.2 Å². The number of nitrogens with one attached hydrogen (secondary N) is 1. The van der Waals surface area contributed by atoms with Gasteiger partial charge in [-0.3, -0.25) is 4.79 Å². The zero-order chi connectivity index (χ0) is 17.4. The number of rotatable bonds is 3. The molecule has 7 nitrogen and oxygen atoms in total. The number of hydrogen-bond donors (Lipinski definition) is 1. The maximum atomic E-state index is 11.3. The molecule has 128 valence electrons.